The summed E-state index contributed by atoms with van der Waals surface area (Å²) in [6.07, 6.45) is 5.44. The molecule has 2 heterocycles. The van der Waals surface area contributed by atoms with Crippen molar-refractivity contribution in [3.8, 4) is 0 Å². The van der Waals surface area contributed by atoms with Gasteiger partial charge in [-0.15, -0.1) is 0 Å². The first-order valence-electron chi connectivity index (χ1n) is 10.2. The standard InChI is InChI=1S/C19H28ClN5O4/c1-2-8-21-17(26)12-3-5-13(6-4-12)23-19(28)29-14-7-9-25(11-14)15-10-22-24-18(27)16(15)20/h10,12-14H,2-9,11H2,1H3,(H,21,26)(H,23,28)(H,24,27)/t12-,13-,14-/m1/s1. The second-order valence-electron chi connectivity index (χ2n) is 7.64. The molecule has 1 aromatic heterocycles. The van der Waals surface area contributed by atoms with Crippen molar-refractivity contribution in [3.05, 3.63) is 21.6 Å². The van der Waals surface area contributed by atoms with Crippen molar-refractivity contribution < 1.29 is 14.3 Å². The van der Waals surface area contributed by atoms with Gasteiger partial charge in [0.05, 0.1) is 18.4 Å². The molecule has 1 saturated heterocycles. The van der Waals surface area contributed by atoms with Crippen LogP contribution in [0, 0.1) is 5.92 Å². The quantitative estimate of drug-likeness (QED) is 0.640. The third kappa shape index (κ3) is 5.62. The van der Waals surface area contributed by atoms with E-state index in [9.17, 15) is 14.4 Å². The Kier molecular flexibility index (Phi) is 7.35. The molecule has 9 nitrogen and oxygen atoms in total. The molecule has 10 heteroatoms. The van der Waals surface area contributed by atoms with Crippen LogP contribution in [0.1, 0.15) is 45.4 Å². The van der Waals surface area contributed by atoms with Crippen molar-refractivity contribution in [3.63, 3.8) is 0 Å². The minimum Gasteiger partial charge on any atom is -0.444 e. The molecule has 1 saturated carbocycles. The van der Waals surface area contributed by atoms with Gasteiger partial charge in [-0.2, -0.15) is 5.10 Å². The van der Waals surface area contributed by atoms with Crippen LogP contribution in [0.3, 0.4) is 0 Å². The van der Waals surface area contributed by atoms with Gasteiger partial charge < -0.3 is 20.3 Å². The average Bonchev–Trinajstić information content (AvgIpc) is 3.16. The first-order chi connectivity index (χ1) is 14.0. The van der Waals surface area contributed by atoms with E-state index in [0.717, 1.165) is 32.1 Å². The Bertz CT molecular complexity index is 778. The van der Waals surface area contributed by atoms with E-state index in [4.69, 9.17) is 16.3 Å². The Hall–Kier alpha value is -2.29. The number of carbonyl (C=O) groups is 2. The highest BCUT2D eigenvalue weighted by Crippen LogP contribution is 2.27. The Labute approximate surface area is 174 Å². The molecule has 3 N–H and O–H groups in total. The van der Waals surface area contributed by atoms with Crippen LogP contribution in [0.4, 0.5) is 10.5 Å². The zero-order chi connectivity index (χ0) is 20.8. The molecule has 0 spiro atoms. The number of hydrogen-bond acceptors (Lipinski definition) is 6. The SMILES string of the molecule is CCCNC(=O)[C@H]1CC[C@H](NC(=O)O[C@@H]2CCN(c3cn[nH]c(=O)c3Cl)C2)CC1. The molecular weight excluding hydrogens is 398 g/mol. The first-order valence-corrected chi connectivity index (χ1v) is 10.6. The summed E-state index contributed by atoms with van der Waals surface area (Å²) in [4.78, 5) is 37.8. The van der Waals surface area contributed by atoms with Gasteiger partial charge in [0.25, 0.3) is 5.56 Å². The molecule has 1 atom stereocenters. The smallest absolute Gasteiger partial charge is 0.407 e. The molecule has 0 unspecified atom stereocenters. The summed E-state index contributed by atoms with van der Waals surface area (Å²) in [5, 5.41) is 12.0. The largest absolute Gasteiger partial charge is 0.444 e. The number of carbonyl (C=O) groups excluding carboxylic acids is 2. The van der Waals surface area contributed by atoms with E-state index < -0.39 is 11.7 Å². The number of ether oxygens (including phenoxy) is 1. The summed E-state index contributed by atoms with van der Waals surface area (Å²) >= 11 is 6.04. The summed E-state index contributed by atoms with van der Waals surface area (Å²) in [6, 6.07) is 0.0292. The maximum atomic E-state index is 12.3. The first kappa shape index (κ1) is 21.4. The number of amides is 2. The van der Waals surface area contributed by atoms with Gasteiger partial charge in [0.15, 0.2) is 0 Å². The van der Waals surface area contributed by atoms with Gasteiger partial charge in [0, 0.05) is 31.5 Å². The topological polar surface area (TPSA) is 116 Å². The highest BCUT2D eigenvalue weighted by Gasteiger charge is 2.30. The fraction of sp³-hybridized carbons (Fsp3) is 0.684. The molecule has 0 bridgehead atoms. The van der Waals surface area contributed by atoms with E-state index in [0.29, 0.717) is 31.7 Å². The molecule has 160 valence electrons. The lowest BCUT2D eigenvalue weighted by atomic mass is 9.85. The van der Waals surface area contributed by atoms with Gasteiger partial charge in [-0.25, -0.2) is 9.89 Å². The minimum atomic E-state index is -0.440. The molecule has 0 aromatic carbocycles. The van der Waals surface area contributed by atoms with Crippen LogP contribution in [0.2, 0.25) is 5.02 Å². The van der Waals surface area contributed by atoms with E-state index in [1.165, 1.54) is 6.20 Å². The van der Waals surface area contributed by atoms with Crippen LogP contribution >= 0.6 is 11.6 Å². The van der Waals surface area contributed by atoms with Crippen LogP contribution in [-0.4, -0.2) is 54.0 Å². The fourth-order valence-corrected chi connectivity index (χ4v) is 4.09. The monoisotopic (exact) mass is 425 g/mol. The van der Waals surface area contributed by atoms with Crippen molar-refractivity contribution in [1.29, 1.82) is 0 Å². The zero-order valence-electron chi connectivity index (χ0n) is 16.6. The molecule has 29 heavy (non-hydrogen) atoms. The van der Waals surface area contributed by atoms with E-state index in [2.05, 4.69) is 20.8 Å². The molecule has 1 aliphatic heterocycles. The lowest BCUT2D eigenvalue weighted by Gasteiger charge is -2.28. The van der Waals surface area contributed by atoms with Gasteiger partial charge in [-0.1, -0.05) is 18.5 Å². The number of alkyl carbamates (subject to hydrolysis) is 1. The number of anilines is 1. The zero-order valence-corrected chi connectivity index (χ0v) is 17.3. The number of halogens is 1. The molecule has 1 aromatic rings. The van der Waals surface area contributed by atoms with Gasteiger partial charge in [0.2, 0.25) is 5.91 Å². The van der Waals surface area contributed by atoms with Crippen LogP contribution in [0.25, 0.3) is 0 Å². The summed E-state index contributed by atoms with van der Waals surface area (Å²) in [7, 11) is 0. The normalized spacial score (nSPS) is 24.2. The predicted octanol–water partition coefficient (Wildman–Crippen LogP) is 1.81. The summed E-state index contributed by atoms with van der Waals surface area (Å²) in [6.45, 7) is 3.82. The number of aromatic amines is 1. The van der Waals surface area contributed by atoms with Crippen LogP contribution in [0.5, 0.6) is 0 Å². The predicted molar refractivity (Wildman–Crippen MR) is 109 cm³/mol. The Balaban J connectivity index is 1.41. The molecule has 2 aliphatic rings. The summed E-state index contributed by atoms with van der Waals surface area (Å²) in [5.74, 6) is 0.151. The van der Waals surface area contributed by atoms with E-state index in [1.54, 1.807) is 0 Å². The maximum Gasteiger partial charge on any atom is 0.407 e. The highest BCUT2D eigenvalue weighted by molar-refractivity contribution is 6.33. The van der Waals surface area contributed by atoms with Crippen molar-refractivity contribution in [2.75, 3.05) is 24.5 Å². The highest BCUT2D eigenvalue weighted by atomic mass is 35.5. The fourth-order valence-electron chi connectivity index (χ4n) is 3.88. The van der Waals surface area contributed by atoms with Gasteiger partial charge >= 0.3 is 6.09 Å². The van der Waals surface area contributed by atoms with E-state index in [-0.39, 0.29) is 29.0 Å². The van der Waals surface area contributed by atoms with Crippen molar-refractivity contribution in [1.82, 2.24) is 20.8 Å². The lowest BCUT2D eigenvalue weighted by Crippen LogP contribution is -2.42. The third-order valence-electron chi connectivity index (χ3n) is 5.51. The van der Waals surface area contributed by atoms with Crippen molar-refractivity contribution >= 4 is 29.3 Å². The molecule has 2 amide bonds. The maximum absolute atomic E-state index is 12.3. The van der Waals surface area contributed by atoms with Crippen molar-refractivity contribution in [2.45, 2.75) is 57.6 Å². The molecule has 2 fully saturated rings. The van der Waals surface area contributed by atoms with Crippen LogP contribution < -0.4 is 21.1 Å². The third-order valence-corrected chi connectivity index (χ3v) is 5.87. The molecule has 3 rings (SSSR count). The van der Waals surface area contributed by atoms with Gasteiger partial charge in [0.1, 0.15) is 11.1 Å². The average molecular weight is 426 g/mol. The second-order valence-corrected chi connectivity index (χ2v) is 8.02. The number of hydrogen-bond donors (Lipinski definition) is 3. The minimum absolute atomic E-state index is 0.0292. The summed E-state index contributed by atoms with van der Waals surface area (Å²) in [5.41, 5.74) is 0.104. The summed E-state index contributed by atoms with van der Waals surface area (Å²) < 4.78 is 5.54. The number of nitrogens with one attached hydrogen (secondary N) is 3. The molecule has 1 aliphatic carbocycles. The second kappa shape index (κ2) is 9.96. The molecular formula is C19H28ClN5O4. The van der Waals surface area contributed by atoms with Crippen LogP contribution in [-0.2, 0) is 9.53 Å². The number of H-pyrrole nitrogens is 1. The molecule has 0 radical (unpaired) electrons. The Morgan fingerprint density at radius 2 is 2.07 bits per heavy atom. The number of rotatable bonds is 6. The van der Waals surface area contributed by atoms with E-state index >= 15 is 0 Å². The van der Waals surface area contributed by atoms with Gasteiger partial charge in [-0.05, 0) is 32.1 Å². The van der Waals surface area contributed by atoms with E-state index in [1.807, 2.05) is 11.8 Å². The van der Waals surface area contributed by atoms with Crippen molar-refractivity contribution in [2.24, 2.45) is 5.92 Å². The lowest BCUT2D eigenvalue weighted by molar-refractivity contribution is -0.126. The Morgan fingerprint density at radius 3 is 2.79 bits per heavy atom. The number of aromatic nitrogens is 2. The van der Waals surface area contributed by atoms with Gasteiger partial charge in [-0.3, -0.25) is 9.59 Å². The number of nitrogens with zero attached hydrogens (tertiary/aromatic N) is 2. The Morgan fingerprint density at radius 1 is 1.31 bits per heavy atom. The van der Waals surface area contributed by atoms with Crippen LogP contribution in [0.15, 0.2) is 11.0 Å².